The highest BCUT2D eigenvalue weighted by molar-refractivity contribution is 6.02. The predicted molar refractivity (Wildman–Crippen MR) is 103 cm³/mol. The van der Waals surface area contributed by atoms with Crippen molar-refractivity contribution in [3.05, 3.63) is 71.9 Å². The summed E-state index contributed by atoms with van der Waals surface area (Å²) in [5.41, 5.74) is 2.24. The lowest BCUT2D eigenvalue weighted by molar-refractivity contribution is 0.101. The van der Waals surface area contributed by atoms with Crippen molar-refractivity contribution in [3.8, 4) is 5.75 Å². The number of rotatable bonds is 6. The van der Waals surface area contributed by atoms with Crippen LogP contribution in [0.15, 0.2) is 60.7 Å². The molecule has 2 N–H and O–H groups in total. The third kappa shape index (κ3) is 4.66. The molecule has 3 aromatic rings. The van der Waals surface area contributed by atoms with Gasteiger partial charge in [-0.15, -0.1) is 10.2 Å². The van der Waals surface area contributed by atoms with Crippen molar-refractivity contribution in [1.29, 1.82) is 0 Å². The first kappa shape index (κ1) is 18.1. The van der Waals surface area contributed by atoms with Crippen LogP contribution in [0.4, 0.5) is 17.2 Å². The number of carbonyl (C=O) groups is 2. The van der Waals surface area contributed by atoms with Crippen LogP contribution in [0.5, 0.6) is 5.75 Å². The number of benzene rings is 2. The molecule has 0 radical (unpaired) electrons. The Balaban J connectivity index is 1.63. The van der Waals surface area contributed by atoms with Crippen molar-refractivity contribution in [3.63, 3.8) is 0 Å². The summed E-state index contributed by atoms with van der Waals surface area (Å²) in [6.45, 7) is 1.52. The minimum Gasteiger partial charge on any atom is -0.497 e. The fourth-order valence-electron chi connectivity index (χ4n) is 2.33. The van der Waals surface area contributed by atoms with E-state index in [1.165, 1.54) is 6.92 Å². The highest BCUT2D eigenvalue weighted by Gasteiger charge is 2.09. The molecule has 7 nitrogen and oxygen atoms in total. The molecule has 1 heterocycles. The third-order valence-corrected chi connectivity index (χ3v) is 3.81. The molecular weight excluding hydrogens is 344 g/mol. The molecule has 0 bridgehead atoms. The average molecular weight is 362 g/mol. The maximum absolute atomic E-state index is 12.2. The van der Waals surface area contributed by atoms with E-state index in [2.05, 4.69) is 20.8 Å². The first-order valence-corrected chi connectivity index (χ1v) is 8.22. The number of amides is 1. The van der Waals surface area contributed by atoms with E-state index in [9.17, 15) is 9.59 Å². The number of hydrogen-bond acceptors (Lipinski definition) is 6. The molecule has 3 rings (SSSR count). The molecule has 0 aliphatic carbocycles. The summed E-state index contributed by atoms with van der Waals surface area (Å²) in [5, 5.41) is 13.8. The maximum Gasteiger partial charge on any atom is 0.276 e. The second kappa shape index (κ2) is 8.09. The Labute approximate surface area is 156 Å². The van der Waals surface area contributed by atoms with Gasteiger partial charge in [0.05, 0.1) is 7.11 Å². The number of methoxy groups -OCH3 is 1. The van der Waals surface area contributed by atoms with Gasteiger partial charge >= 0.3 is 0 Å². The third-order valence-electron chi connectivity index (χ3n) is 3.81. The molecule has 1 amide bonds. The van der Waals surface area contributed by atoms with Gasteiger partial charge in [0.2, 0.25) is 0 Å². The van der Waals surface area contributed by atoms with E-state index >= 15 is 0 Å². The minimum atomic E-state index is -0.356. The second-order valence-corrected chi connectivity index (χ2v) is 5.74. The second-order valence-electron chi connectivity index (χ2n) is 5.74. The minimum absolute atomic E-state index is 0.00793. The number of aromatic nitrogens is 2. The largest absolute Gasteiger partial charge is 0.497 e. The van der Waals surface area contributed by atoms with Gasteiger partial charge in [-0.3, -0.25) is 9.59 Å². The zero-order valence-electron chi connectivity index (χ0n) is 14.9. The first-order valence-electron chi connectivity index (χ1n) is 8.22. The predicted octanol–water partition coefficient (Wildman–Crippen LogP) is 3.68. The maximum atomic E-state index is 12.2. The number of nitrogens with zero attached hydrogens (tertiary/aromatic N) is 2. The molecule has 0 atom stereocenters. The van der Waals surface area contributed by atoms with Crippen LogP contribution in [0.2, 0.25) is 0 Å². The number of carbonyl (C=O) groups excluding carboxylic acids is 2. The summed E-state index contributed by atoms with van der Waals surface area (Å²) in [7, 11) is 1.58. The molecule has 2 aromatic carbocycles. The highest BCUT2D eigenvalue weighted by Crippen LogP contribution is 2.17. The van der Waals surface area contributed by atoms with E-state index in [-0.39, 0.29) is 17.4 Å². The van der Waals surface area contributed by atoms with Crippen molar-refractivity contribution in [1.82, 2.24) is 10.2 Å². The summed E-state index contributed by atoms with van der Waals surface area (Å²) in [6.07, 6.45) is 0. The van der Waals surface area contributed by atoms with E-state index in [1.807, 2.05) is 0 Å². The Morgan fingerprint density at radius 3 is 2.07 bits per heavy atom. The molecule has 0 saturated heterocycles. The van der Waals surface area contributed by atoms with Crippen LogP contribution in [-0.4, -0.2) is 29.0 Å². The molecule has 0 fully saturated rings. The van der Waals surface area contributed by atoms with Crippen LogP contribution < -0.4 is 15.4 Å². The van der Waals surface area contributed by atoms with E-state index in [4.69, 9.17) is 4.74 Å². The monoisotopic (exact) mass is 362 g/mol. The fraction of sp³-hybridized carbons (Fsp3) is 0.100. The van der Waals surface area contributed by atoms with Gasteiger partial charge in [0.1, 0.15) is 5.75 Å². The van der Waals surface area contributed by atoms with Gasteiger partial charge in [-0.25, -0.2) is 0 Å². The zero-order valence-corrected chi connectivity index (χ0v) is 14.9. The Morgan fingerprint density at radius 2 is 1.52 bits per heavy atom. The lowest BCUT2D eigenvalue weighted by Crippen LogP contribution is -2.14. The number of ether oxygens (including phenoxy) is 1. The highest BCUT2D eigenvalue weighted by atomic mass is 16.5. The van der Waals surface area contributed by atoms with Crippen LogP contribution in [-0.2, 0) is 0 Å². The van der Waals surface area contributed by atoms with Crippen LogP contribution in [0.3, 0.4) is 0 Å². The number of ketones is 1. The van der Waals surface area contributed by atoms with Crippen molar-refractivity contribution in [2.75, 3.05) is 17.7 Å². The number of anilines is 3. The topological polar surface area (TPSA) is 93.2 Å². The normalized spacial score (nSPS) is 10.1. The molecule has 0 saturated carbocycles. The van der Waals surface area contributed by atoms with E-state index in [1.54, 1.807) is 67.8 Å². The van der Waals surface area contributed by atoms with Crippen LogP contribution >= 0.6 is 0 Å². The number of hydrogen-bond donors (Lipinski definition) is 2. The van der Waals surface area contributed by atoms with Crippen LogP contribution in [0.25, 0.3) is 0 Å². The summed E-state index contributed by atoms with van der Waals surface area (Å²) < 4.78 is 5.08. The van der Waals surface area contributed by atoms with Gasteiger partial charge in [-0.1, -0.05) is 0 Å². The molecule has 0 unspecified atom stereocenters. The van der Waals surface area contributed by atoms with Gasteiger partial charge in [-0.2, -0.15) is 0 Å². The van der Waals surface area contributed by atoms with E-state index < -0.39 is 0 Å². The Kier molecular flexibility index (Phi) is 5.41. The zero-order chi connectivity index (χ0) is 19.2. The van der Waals surface area contributed by atoms with E-state index in [0.717, 1.165) is 5.69 Å². The molecule has 1 aromatic heterocycles. The number of nitrogens with one attached hydrogen (secondary N) is 2. The van der Waals surface area contributed by atoms with Gasteiger partial charge in [0.25, 0.3) is 5.91 Å². The molecule has 0 aliphatic rings. The van der Waals surface area contributed by atoms with Crippen molar-refractivity contribution < 1.29 is 14.3 Å². The van der Waals surface area contributed by atoms with Gasteiger partial charge in [0, 0.05) is 16.9 Å². The number of Topliss-reactive ketones (excluding diaryl/α,β-unsaturated/α-hetero) is 1. The first-order chi connectivity index (χ1) is 13.0. The van der Waals surface area contributed by atoms with Crippen molar-refractivity contribution in [2.45, 2.75) is 6.92 Å². The molecule has 0 spiro atoms. The average Bonchev–Trinajstić information content (AvgIpc) is 2.69. The molecule has 136 valence electrons. The van der Waals surface area contributed by atoms with Gasteiger partial charge < -0.3 is 15.4 Å². The molecule has 0 aliphatic heterocycles. The van der Waals surface area contributed by atoms with E-state index in [0.29, 0.717) is 22.8 Å². The quantitative estimate of drug-likeness (QED) is 0.650. The van der Waals surface area contributed by atoms with Crippen LogP contribution in [0, 0.1) is 0 Å². The Morgan fingerprint density at radius 1 is 0.852 bits per heavy atom. The summed E-state index contributed by atoms with van der Waals surface area (Å²) in [6, 6.07) is 17.3. The summed E-state index contributed by atoms with van der Waals surface area (Å²) >= 11 is 0. The van der Waals surface area contributed by atoms with Crippen LogP contribution in [0.1, 0.15) is 27.8 Å². The Hall–Kier alpha value is -3.74. The molecule has 7 heteroatoms. The van der Waals surface area contributed by atoms with Gasteiger partial charge in [-0.05, 0) is 67.6 Å². The smallest absolute Gasteiger partial charge is 0.276 e. The SMILES string of the molecule is COc1ccc(NC(=O)c2ccc(Nc3ccc(C(C)=O)cc3)nn2)cc1. The summed E-state index contributed by atoms with van der Waals surface area (Å²) in [5.74, 6) is 0.852. The molecule has 27 heavy (non-hydrogen) atoms. The fourth-order valence-corrected chi connectivity index (χ4v) is 2.33. The summed E-state index contributed by atoms with van der Waals surface area (Å²) in [4.78, 5) is 23.5. The molecular formula is C20H18N4O3. The van der Waals surface area contributed by atoms with Crippen molar-refractivity contribution >= 4 is 28.9 Å². The Bertz CT molecular complexity index is 936. The lowest BCUT2D eigenvalue weighted by atomic mass is 10.1. The standard InChI is InChI=1S/C20H18N4O3/c1-13(25)14-3-5-15(6-4-14)21-19-12-11-18(23-24-19)20(26)22-16-7-9-17(27-2)10-8-16/h3-12H,1-2H3,(H,21,24)(H,22,26). The van der Waals surface area contributed by atoms with Crippen molar-refractivity contribution in [2.24, 2.45) is 0 Å². The van der Waals surface area contributed by atoms with Gasteiger partial charge in [0.15, 0.2) is 17.3 Å². The lowest BCUT2D eigenvalue weighted by Gasteiger charge is -2.07.